The first kappa shape index (κ1) is 17.7. The first-order valence-electron chi connectivity index (χ1n) is 9.36. The molecule has 2 heterocycles. The minimum Gasteiger partial charge on any atom is -0.274 e. The van der Waals surface area contributed by atoms with Gasteiger partial charge in [0.1, 0.15) is 5.82 Å². The fourth-order valence-electron chi connectivity index (χ4n) is 4.06. The molecular formula is C20H20FN3O3. The van der Waals surface area contributed by atoms with Gasteiger partial charge in [-0.1, -0.05) is 6.07 Å². The zero-order chi connectivity index (χ0) is 19.0. The second-order valence-corrected chi connectivity index (χ2v) is 7.21. The van der Waals surface area contributed by atoms with Crippen LogP contribution >= 0.6 is 0 Å². The Balaban J connectivity index is 1.63. The Morgan fingerprint density at radius 2 is 1.74 bits per heavy atom. The molecule has 140 valence electrons. The van der Waals surface area contributed by atoms with Crippen LogP contribution in [0.1, 0.15) is 50.5 Å². The molecular weight excluding hydrogens is 349 g/mol. The lowest BCUT2D eigenvalue weighted by molar-refractivity contribution is -0.129. The summed E-state index contributed by atoms with van der Waals surface area (Å²) >= 11 is 0. The summed E-state index contributed by atoms with van der Waals surface area (Å²) in [6, 6.07) is 4.21. The Kier molecular flexibility index (Phi) is 4.68. The van der Waals surface area contributed by atoms with Crippen LogP contribution in [0.15, 0.2) is 39.6 Å². The van der Waals surface area contributed by atoms with Crippen LogP contribution in [0.3, 0.4) is 0 Å². The Labute approximate surface area is 156 Å². The van der Waals surface area contributed by atoms with Crippen LogP contribution in [-0.2, 0) is 20.8 Å². The number of hydrogen-bond donors (Lipinski definition) is 0. The molecule has 1 aromatic rings. The van der Waals surface area contributed by atoms with Crippen molar-refractivity contribution in [3.8, 4) is 0 Å². The number of piperidine rings is 1. The third-order valence-electron chi connectivity index (χ3n) is 5.42. The standard InChI is InChI=1S/C20H20FN3O3/c21-15-9-8-12(11-17(15)24-18(25)6-3-7-19(24)26)10-16-13-4-1-2-5-14(13)20(27)23-22-16/h8-9,11,16H,1-7,10H2. The number of rotatable bonds is 3. The maximum Gasteiger partial charge on any atom is 0.291 e. The highest BCUT2D eigenvalue weighted by atomic mass is 19.1. The summed E-state index contributed by atoms with van der Waals surface area (Å²) in [5.74, 6) is -1.59. The van der Waals surface area contributed by atoms with Crippen molar-refractivity contribution in [2.24, 2.45) is 10.2 Å². The fourth-order valence-corrected chi connectivity index (χ4v) is 4.06. The van der Waals surface area contributed by atoms with Gasteiger partial charge in [-0.3, -0.25) is 14.4 Å². The van der Waals surface area contributed by atoms with Crippen LogP contribution in [-0.4, -0.2) is 23.8 Å². The third-order valence-corrected chi connectivity index (χ3v) is 5.42. The van der Waals surface area contributed by atoms with E-state index in [0.717, 1.165) is 47.3 Å². The zero-order valence-electron chi connectivity index (χ0n) is 14.9. The van der Waals surface area contributed by atoms with Gasteiger partial charge in [0.2, 0.25) is 11.8 Å². The molecule has 2 aliphatic heterocycles. The van der Waals surface area contributed by atoms with Crippen molar-refractivity contribution in [3.63, 3.8) is 0 Å². The summed E-state index contributed by atoms with van der Waals surface area (Å²) in [6.45, 7) is 0. The van der Waals surface area contributed by atoms with E-state index < -0.39 is 5.82 Å². The highest BCUT2D eigenvalue weighted by Crippen LogP contribution is 2.34. The molecule has 7 heteroatoms. The molecule has 4 rings (SSSR count). The average molecular weight is 369 g/mol. The van der Waals surface area contributed by atoms with Crippen molar-refractivity contribution >= 4 is 23.4 Å². The second-order valence-electron chi connectivity index (χ2n) is 7.21. The number of benzene rings is 1. The molecule has 1 saturated heterocycles. The van der Waals surface area contributed by atoms with Crippen LogP contribution in [0.25, 0.3) is 0 Å². The molecule has 0 N–H and O–H groups in total. The SMILES string of the molecule is O=C1N=NC(Cc2ccc(F)c(N3C(=O)CCCC3=O)c2)C2=C1CCCC2. The van der Waals surface area contributed by atoms with Gasteiger partial charge < -0.3 is 0 Å². The minimum absolute atomic E-state index is 0.00359. The van der Waals surface area contributed by atoms with Crippen molar-refractivity contribution in [1.29, 1.82) is 0 Å². The van der Waals surface area contributed by atoms with E-state index in [1.165, 1.54) is 6.07 Å². The molecule has 1 fully saturated rings. The van der Waals surface area contributed by atoms with Crippen molar-refractivity contribution in [2.75, 3.05) is 4.90 Å². The van der Waals surface area contributed by atoms with Gasteiger partial charge in [0, 0.05) is 24.8 Å². The third kappa shape index (κ3) is 3.34. The molecule has 3 aliphatic rings. The van der Waals surface area contributed by atoms with E-state index >= 15 is 0 Å². The lowest BCUT2D eigenvalue weighted by Crippen LogP contribution is -2.40. The highest BCUT2D eigenvalue weighted by Gasteiger charge is 2.31. The molecule has 27 heavy (non-hydrogen) atoms. The number of azo groups is 1. The highest BCUT2D eigenvalue weighted by molar-refractivity contribution is 6.16. The van der Waals surface area contributed by atoms with E-state index in [9.17, 15) is 18.8 Å². The van der Waals surface area contributed by atoms with Crippen LogP contribution in [0.5, 0.6) is 0 Å². The van der Waals surface area contributed by atoms with E-state index in [1.54, 1.807) is 12.1 Å². The van der Waals surface area contributed by atoms with Gasteiger partial charge in [0.25, 0.3) is 5.91 Å². The molecule has 0 bridgehead atoms. The normalized spacial score (nSPS) is 23.1. The quantitative estimate of drug-likeness (QED) is 0.763. The van der Waals surface area contributed by atoms with Crippen LogP contribution < -0.4 is 4.90 Å². The number of nitrogens with zero attached hydrogens (tertiary/aromatic N) is 3. The van der Waals surface area contributed by atoms with Crippen LogP contribution in [0, 0.1) is 5.82 Å². The lowest BCUT2D eigenvalue weighted by Gasteiger charge is -2.27. The van der Waals surface area contributed by atoms with E-state index in [1.807, 2.05) is 0 Å². The number of carbonyl (C=O) groups is 3. The van der Waals surface area contributed by atoms with Gasteiger partial charge in [-0.2, -0.15) is 5.11 Å². The number of hydrogen-bond acceptors (Lipinski definition) is 4. The largest absolute Gasteiger partial charge is 0.291 e. The number of carbonyl (C=O) groups excluding carboxylic acids is 3. The molecule has 0 aromatic heterocycles. The van der Waals surface area contributed by atoms with Crippen molar-refractivity contribution in [2.45, 2.75) is 57.4 Å². The van der Waals surface area contributed by atoms with Gasteiger partial charge in [-0.05, 0) is 55.4 Å². The van der Waals surface area contributed by atoms with Crippen molar-refractivity contribution in [1.82, 2.24) is 0 Å². The zero-order valence-corrected chi connectivity index (χ0v) is 14.9. The predicted octanol–water partition coefficient (Wildman–Crippen LogP) is 3.64. The monoisotopic (exact) mass is 369 g/mol. The van der Waals surface area contributed by atoms with Crippen LogP contribution in [0.4, 0.5) is 10.1 Å². The molecule has 0 saturated carbocycles. The summed E-state index contributed by atoms with van der Waals surface area (Å²) in [4.78, 5) is 37.2. The number of anilines is 1. The van der Waals surface area contributed by atoms with Gasteiger partial charge in [0.15, 0.2) is 0 Å². The van der Waals surface area contributed by atoms with E-state index in [4.69, 9.17) is 0 Å². The summed E-state index contributed by atoms with van der Waals surface area (Å²) in [5.41, 5.74) is 2.55. The Morgan fingerprint density at radius 1 is 1.00 bits per heavy atom. The smallest absolute Gasteiger partial charge is 0.274 e. The van der Waals surface area contributed by atoms with E-state index in [-0.39, 0.29) is 42.3 Å². The molecule has 6 nitrogen and oxygen atoms in total. The number of imide groups is 1. The van der Waals surface area contributed by atoms with Crippen LogP contribution in [0.2, 0.25) is 0 Å². The Bertz CT molecular complexity index is 874. The molecule has 1 aliphatic carbocycles. The van der Waals surface area contributed by atoms with E-state index in [2.05, 4.69) is 10.2 Å². The summed E-state index contributed by atoms with van der Waals surface area (Å²) in [6.07, 6.45) is 4.99. The summed E-state index contributed by atoms with van der Waals surface area (Å²) in [7, 11) is 0. The topological polar surface area (TPSA) is 79.2 Å². The first-order valence-corrected chi connectivity index (χ1v) is 9.36. The van der Waals surface area contributed by atoms with E-state index in [0.29, 0.717) is 12.8 Å². The Hall–Kier alpha value is -2.70. The molecule has 1 aromatic carbocycles. The molecule has 1 atom stereocenters. The predicted molar refractivity (Wildman–Crippen MR) is 95.6 cm³/mol. The molecule has 0 radical (unpaired) electrons. The van der Waals surface area contributed by atoms with Gasteiger partial charge >= 0.3 is 0 Å². The maximum atomic E-state index is 14.4. The second kappa shape index (κ2) is 7.13. The maximum absolute atomic E-state index is 14.4. The van der Waals surface area contributed by atoms with Crippen molar-refractivity contribution < 1.29 is 18.8 Å². The van der Waals surface area contributed by atoms with Gasteiger partial charge in [-0.15, -0.1) is 5.11 Å². The lowest BCUT2D eigenvalue weighted by atomic mass is 9.84. The summed E-state index contributed by atoms with van der Waals surface area (Å²) in [5, 5.41) is 7.94. The summed E-state index contributed by atoms with van der Waals surface area (Å²) < 4.78 is 14.4. The van der Waals surface area contributed by atoms with Gasteiger partial charge in [-0.25, -0.2) is 9.29 Å². The molecule has 3 amide bonds. The molecule has 1 unspecified atom stereocenters. The molecule has 0 spiro atoms. The average Bonchev–Trinajstić information content (AvgIpc) is 2.66. The Morgan fingerprint density at radius 3 is 2.52 bits per heavy atom. The van der Waals surface area contributed by atoms with Crippen molar-refractivity contribution in [3.05, 3.63) is 40.7 Å². The van der Waals surface area contributed by atoms with Gasteiger partial charge in [0.05, 0.1) is 11.7 Å². The fraction of sp³-hybridized carbons (Fsp3) is 0.450. The number of amides is 3. The number of halogens is 1. The minimum atomic E-state index is -0.597. The first-order chi connectivity index (χ1) is 13.0.